The van der Waals surface area contributed by atoms with E-state index in [4.69, 9.17) is 9.47 Å². The van der Waals surface area contributed by atoms with E-state index in [1.54, 1.807) is 0 Å². The number of fused-ring (bicyclic) bond motifs is 1. The largest absolute Gasteiger partial charge is 0.454 e. The summed E-state index contributed by atoms with van der Waals surface area (Å²) < 4.78 is 10.8. The minimum absolute atomic E-state index is 0.174. The number of benzene rings is 1. The summed E-state index contributed by atoms with van der Waals surface area (Å²) in [5, 5.41) is 3.54. The number of hydrogen-bond acceptors (Lipinski definition) is 3. The lowest BCUT2D eigenvalue weighted by atomic mass is 9.83. The highest BCUT2D eigenvalue weighted by Crippen LogP contribution is 2.40. The van der Waals surface area contributed by atoms with Crippen molar-refractivity contribution in [3.63, 3.8) is 0 Å². The Morgan fingerprint density at radius 3 is 2.81 bits per heavy atom. The van der Waals surface area contributed by atoms with Gasteiger partial charge < -0.3 is 14.8 Å². The number of nitrogens with one attached hydrogen (secondary N) is 1. The van der Waals surface area contributed by atoms with Gasteiger partial charge in [0.15, 0.2) is 11.5 Å². The van der Waals surface area contributed by atoms with Gasteiger partial charge in [-0.2, -0.15) is 0 Å². The Morgan fingerprint density at radius 1 is 1.25 bits per heavy atom. The molecule has 16 heavy (non-hydrogen) atoms. The van der Waals surface area contributed by atoms with Crippen LogP contribution in [-0.4, -0.2) is 18.9 Å². The van der Waals surface area contributed by atoms with Crippen LogP contribution in [0.1, 0.15) is 31.7 Å². The molecule has 0 radical (unpaired) electrons. The Balaban J connectivity index is 1.95. The zero-order valence-electron chi connectivity index (χ0n) is 9.75. The van der Waals surface area contributed by atoms with Crippen molar-refractivity contribution in [1.82, 2.24) is 5.32 Å². The highest BCUT2D eigenvalue weighted by molar-refractivity contribution is 5.46. The van der Waals surface area contributed by atoms with Crippen molar-refractivity contribution in [2.45, 2.75) is 31.7 Å². The molecule has 0 amide bonds. The summed E-state index contributed by atoms with van der Waals surface area (Å²) in [5.74, 6) is 2.31. The average Bonchev–Trinajstić information content (AvgIpc) is 2.82. The molecule has 2 aliphatic heterocycles. The maximum atomic E-state index is 5.42. The van der Waals surface area contributed by atoms with Crippen molar-refractivity contribution < 1.29 is 9.47 Å². The predicted octanol–water partition coefficient (Wildman–Crippen LogP) is 2.27. The van der Waals surface area contributed by atoms with E-state index in [1.165, 1.54) is 12.0 Å². The van der Waals surface area contributed by atoms with Gasteiger partial charge in [-0.25, -0.2) is 0 Å². The predicted molar refractivity (Wildman–Crippen MR) is 62.0 cm³/mol. The first-order chi connectivity index (χ1) is 7.67. The molecule has 3 nitrogen and oxygen atoms in total. The van der Waals surface area contributed by atoms with Crippen molar-refractivity contribution in [3.8, 4) is 11.5 Å². The monoisotopic (exact) mass is 219 g/mol. The van der Waals surface area contributed by atoms with E-state index in [2.05, 4.69) is 31.3 Å². The third kappa shape index (κ3) is 1.47. The zero-order valence-corrected chi connectivity index (χ0v) is 9.75. The standard InChI is InChI=1S/C13H17NO2/c1-13(2)10(5-6-14-13)9-3-4-11-12(7-9)16-8-15-11/h3-4,7,10,14H,5-6,8H2,1-2H3. The van der Waals surface area contributed by atoms with E-state index in [9.17, 15) is 0 Å². The van der Waals surface area contributed by atoms with Crippen molar-refractivity contribution in [1.29, 1.82) is 0 Å². The Kier molecular flexibility index (Phi) is 2.11. The molecule has 2 heterocycles. The molecule has 1 N–H and O–H groups in total. The first-order valence-corrected chi connectivity index (χ1v) is 5.81. The summed E-state index contributed by atoms with van der Waals surface area (Å²) in [4.78, 5) is 0. The van der Waals surface area contributed by atoms with Crippen LogP contribution in [0.5, 0.6) is 11.5 Å². The molecule has 1 fully saturated rings. The van der Waals surface area contributed by atoms with Gasteiger partial charge in [0, 0.05) is 11.5 Å². The van der Waals surface area contributed by atoms with Crippen LogP contribution in [0.15, 0.2) is 18.2 Å². The van der Waals surface area contributed by atoms with Gasteiger partial charge in [-0.3, -0.25) is 0 Å². The van der Waals surface area contributed by atoms with Gasteiger partial charge in [0.25, 0.3) is 0 Å². The van der Waals surface area contributed by atoms with Crippen LogP contribution in [0.4, 0.5) is 0 Å². The Labute approximate surface area is 95.8 Å². The van der Waals surface area contributed by atoms with E-state index in [0.717, 1.165) is 18.0 Å². The Hall–Kier alpha value is -1.22. The van der Waals surface area contributed by atoms with Crippen LogP contribution in [0.25, 0.3) is 0 Å². The van der Waals surface area contributed by atoms with Crippen LogP contribution in [0, 0.1) is 0 Å². The lowest BCUT2D eigenvalue weighted by Gasteiger charge is -2.27. The van der Waals surface area contributed by atoms with Gasteiger partial charge in [0.05, 0.1) is 0 Å². The minimum atomic E-state index is 0.174. The van der Waals surface area contributed by atoms with Gasteiger partial charge in [0.1, 0.15) is 0 Å². The van der Waals surface area contributed by atoms with Crippen LogP contribution >= 0.6 is 0 Å². The van der Waals surface area contributed by atoms with Crippen molar-refractivity contribution >= 4 is 0 Å². The SMILES string of the molecule is CC1(C)NCCC1c1ccc2c(c1)OCO2. The van der Waals surface area contributed by atoms with Crippen molar-refractivity contribution in [3.05, 3.63) is 23.8 Å². The number of ether oxygens (including phenoxy) is 2. The molecule has 86 valence electrons. The molecular formula is C13H17NO2. The summed E-state index contributed by atoms with van der Waals surface area (Å²) in [6.07, 6.45) is 1.19. The molecule has 3 heteroatoms. The third-order valence-electron chi connectivity index (χ3n) is 3.68. The fraction of sp³-hybridized carbons (Fsp3) is 0.538. The van der Waals surface area contributed by atoms with Gasteiger partial charge in [-0.1, -0.05) is 6.07 Å². The molecule has 1 saturated heterocycles. The quantitative estimate of drug-likeness (QED) is 0.786. The molecule has 1 atom stereocenters. The fourth-order valence-corrected chi connectivity index (χ4v) is 2.74. The average molecular weight is 219 g/mol. The highest BCUT2D eigenvalue weighted by Gasteiger charge is 2.35. The van der Waals surface area contributed by atoms with E-state index in [-0.39, 0.29) is 5.54 Å². The maximum Gasteiger partial charge on any atom is 0.231 e. The third-order valence-corrected chi connectivity index (χ3v) is 3.68. The number of hydrogen-bond donors (Lipinski definition) is 1. The molecule has 0 bridgehead atoms. The molecule has 1 aromatic carbocycles. The van der Waals surface area contributed by atoms with E-state index < -0.39 is 0 Å². The van der Waals surface area contributed by atoms with Crippen LogP contribution in [-0.2, 0) is 0 Å². The van der Waals surface area contributed by atoms with Crippen LogP contribution < -0.4 is 14.8 Å². The normalized spacial score (nSPS) is 26.0. The summed E-state index contributed by atoms with van der Waals surface area (Å²) in [6.45, 7) is 5.96. The van der Waals surface area contributed by atoms with Gasteiger partial charge in [-0.15, -0.1) is 0 Å². The summed E-state index contributed by atoms with van der Waals surface area (Å²) in [6, 6.07) is 6.31. The van der Waals surface area contributed by atoms with E-state index >= 15 is 0 Å². The second kappa shape index (κ2) is 3.39. The molecule has 1 aromatic rings. The number of rotatable bonds is 1. The van der Waals surface area contributed by atoms with Crippen LogP contribution in [0.3, 0.4) is 0 Å². The van der Waals surface area contributed by atoms with Gasteiger partial charge in [0.2, 0.25) is 6.79 Å². The van der Waals surface area contributed by atoms with Crippen LogP contribution in [0.2, 0.25) is 0 Å². The lowest BCUT2D eigenvalue weighted by Crippen LogP contribution is -2.36. The van der Waals surface area contributed by atoms with E-state index in [1.807, 2.05) is 6.07 Å². The lowest BCUT2D eigenvalue weighted by molar-refractivity contribution is 0.174. The van der Waals surface area contributed by atoms with Gasteiger partial charge in [-0.05, 0) is 44.5 Å². The zero-order chi connectivity index (χ0) is 11.2. The molecule has 3 rings (SSSR count). The molecule has 0 aromatic heterocycles. The van der Waals surface area contributed by atoms with Gasteiger partial charge >= 0.3 is 0 Å². The first-order valence-electron chi connectivity index (χ1n) is 5.81. The summed E-state index contributed by atoms with van der Waals surface area (Å²) >= 11 is 0. The smallest absolute Gasteiger partial charge is 0.231 e. The Bertz CT molecular complexity index is 414. The van der Waals surface area contributed by atoms with E-state index in [0.29, 0.717) is 12.7 Å². The molecule has 2 aliphatic rings. The highest BCUT2D eigenvalue weighted by atomic mass is 16.7. The molecule has 1 unspecified atom stereocenters. The fourth-order valence-electron chi connectivity index (χ4n) is 2.74. The molecule has 0 aliphatic carbocycles. The molecule has 0 saturated carbocycles. The maximum absolute atomic E-state index is 5.42. The second-order valence-corrected chi connectivity index (χ2v) is 5.10. The summed E-state index contributed by atoms with van der Waals surface area (Å²) in [5.41, 5.74) is 1.52. The molecule has 0 spiro atoms. The topological polar surface area (TPSA) is 30.5 Å². The van der Waals surface area contributed by atoms with Crippen molar-refractivity contribution in [2.24, 2.45) is 0 Å². The second-order valence-electron chi connectivity index (χ2n) is 5.10. The summed E-state index contributed by atoms with van der Waals surface area (Å²) in [7, 11) is 0. The molecular weight excluding hydrogens is 202 g/mol. The minimum Gasteiger partial charge on any atom is -0.454 e. The van der Waals surface area contributed by atoms with Crippen molar-refractivity contribution in [2.75, 3.05) is 13.3 Å². The first kappa shape index (κ1) is 9.97. The Morgan fingerprint density at radius 2 is 2.06 bits per heavy atom.